The van der Waals surface area contributed by atoms with Crippen LogP contribution in [0.2, 0.25) is 5.02 Å². The van der Waals surface area contributed by atoms with E-state index in [1.54, 1.807) is 31.2 Å². The van der Waals surface area contributed by atoms with E-state index in [-0.39, 0.29) is 12.5 Å². The molecule has 102 valence electrons. The number of nitrogens with two attached hydrogens (primary N) is 1. The maximum Gasteiger partial charge on any atom is 0.259 e. The fourth-order valence-electron chi connectivity index (χ4n) is 1.66. The molecule has 2 rings (SSSR count). The van der Waals surface area contributed by atoms with E-state index in [1.165, 1.54) is 6.26 Å². The first-order valence-corrected chi connectivity index (χ1v) is 6.33. The van der Waals surface area contributed by atoms with Gasteiger partial charge in [-0.1, -0.05) is 23.4 Å². The summed E-state index contributed by atoms with van der Waals surface area (Å²) in [5, 5.41) is 3.29. The number of benzene rings is 1. The number of hydrogen-bond donors (Lipinski definition) is 2. The molecular formula is C15H13ClN2O2. The summed E-state index contributed by atoms with van der Waals surface area (Å²) in [5.74, 6) is 5.91. The lowest BCUT2D eigenvalue weighted by molar-refractivity contribution is 0.102. The second kappa shape index (κ2) is 6.29. The Bertz CT molecular complexity index is 695. The van der Waals surface area contributed by atoms with Crippen LogP contribution in [0.4, 0.5) is 5.69 Å². The second-order valence-corrected chi connectivity index (χ2v) is 4.45. The van der Waals surface area contributed by atoms with E-state index >= 15 is 0 Å². The number of carbonyl (C=O) groups is 1. The smallest absolute Gasteiger partial charge is 0.259 e. The number of anilines is 1. The number of hydrogen-bond acceptors (Lipinski definition) is 3. The van der Waals surface area contributed by atoms with E-state index in [2.05, 4.69) is 17.2 Å². The number of rotatable bonds is 2. The lowest BCUT2D eigenvalue weighted by Gasteiger charge is -2.06. The van der Waals surface area contributed by atoms with Crippen molar-refractivity contribution in [2.24, 2.45) is 5.73 Å². The van der Waals surface area contributed by atoms with Crippen LogP contribution in [0.25, 0.3) is 0 Å². The third-order valence-corrected chi connectivity index (χ3v) is 2.98. The van der Waals surface area contributed by atoms with Gasteiger partial charge in [-0.3, -0.25) is 4.79 Å². The Labute approximate surface area is 121 Å². The summed E-state index contributed by atoms with van der Waals surface area (Å²) in [4.78, 5) is 12.0. The quantitative estimate of drug-likeness (QED) is 0.835. The van der Waals surface area contributed by atoms with Gasteiger partial charge in [0.1, 0.15) is 5.76 Å². The van der Waals surface area contributed by atoms with Gasteiger partial charge in [0.2, 0.25) is 0 Å². The zero-order valence-electron chi connectivity index (χ0n) is 10.9. The number of aryl methyl sites for hydroxylation is 1. The van der Waals surface area contributed by atoms with Crippen molar-refractivity contribution in [2.75, 3.05) is 11.9 Å². The van der Waals surface area contributed by atoms with Gasteiger partial charge in [-0.15, -0.1) is 0 Å². The molecule has 1 amide bonds. The molecule has 4 nitrogen and oxygen atoms in total. The molecule has 1 aromatic carbocycles. The third kappa shape index (κ3) is 3.21. The fraction of sp³-hybridized carbons (Fsp3) is 0.133. The predicted molar refractivity (Wildman–Crippen MR) is 78.8 cm³/mol. The first-order valence-electron chi connectivity index (χ1n) is 5.95. The van der Waals surface area contributed by atoms with Gasteiger partial charge in [-0.25, -0.2) is 0 Å². The molecule has 0 bridgehead atoms. The van der Waals surface area contributed by atoms with Crippen molar-refractivity contribution in [3.63, 3.8) is 0 Å². The van der Waals surface area contributed by atoms with E-state index in [4.69, 9.17) is 21.8 Å². The monoisotopic (exact) mass is 288 g/mol. The Balaban J connectivity index is 2.22. The summed E-state index contributed by atoms with van der Waals surface area (Å²) < 4.78 is 5.10. The van der Waals surface area contributed by atoms with Crippen molar-refractivity contribution in [3.05, 3.63) is 52.4 Å². The molecule has 0 spiro atoms. The molecule has 20 heavy (non-hydrogen) atoms. The molecular weight excluding hydrogens is 276 g/mol. The summed E-state index contributed by atoms with van der Waals surface area (Å²) >= 11 is 6.02. The number of amides is 1. The Morgan fingerprint density at radius 3 is 2.90 bits per heavy atom. The lowest BCUT2D eigenvalue weighted by atomic mass is 10.2. The zero-order valence-corrected chi connectivity index (χ0v) is 11.6. The summed E-state index contributed by atoms with van der Waals surface area (Å²) in [5.41, 5.74) is 7.06. The van der Waals surface area contributed by atoms with Gasteiger partial charge in [-0.2, -0.15) is 0 Å². The highest BCUT2D eigenvalue weighted by Crippen LogP contribution is 2.20. The minimum atomic E-state index is -0.240. The van der Waals surface area contributed by atoms with Crippen molar-refractivity contribution in [3.8, 4) is 11.8 Å². The van der Waals surface area contributed by atoms with E-state index in [0.29, 0.717) is 27.6 Å². The highest BCUT2D eigenvalue weighted by atomic mass is 35.5. The van der Waals surface area contributed by atoms with Crippen LogP contribution in [0.3, 0.4) is 0 Å². The second-order valence-electron chi connectivity index (χ2n) is 4.05. The molecule has 0 aliphatic heterocycles. The Morgan fingerprint density at radius 2 is 2.25 bits per heavy atom. The minimum Gasteiger partial charge on any atom is -0.469 e. The van der Waals surface area contributed by atoms with Gasteiger partial charge in [0.05, 0.1) is 23.4 Å². The van der Waals surface area contributed by atoms with Gasteiger partial charge >= 0.3 is 0 Å². The molecule has 2 aromatic rings. The van der Waals surface area contributed by atoms with E-state index < -0.39 is 0 Å². The van der Waals surface area contributed by atoms with Crippen LogP contribution in [-0.2, 0) is 0 Å². The maximum absolute atomic E-state index is 12.0. The van der Waals surface area contributed by atoms with Gasteiger partial charge < -0.3 is 15.5 Å². The van der Waals surface area contributed by atoms with Crippen LogP contribution in [0.1, 0.15) is 21.7 Å². The number of carbonyl (C=O) groups excluding carboxylic acids is 1. The van der Waals surface area contributed by atoms with Crippen LogP contribution in [-0.4, -0.2) is 12.5 Å². The Hall–Kier alpha value is -2.22. The highest BCUT2D eigenvalue weighted by molar-refractivity contribution is 6.31. The Morgan fingerprint density at radius 1 is 1.45 bits per heavy atom. The summed E-state index contributed by atoms with van der Waals surface area (Å²) in [6.45, 7) is 1.98. The molecule has 0 fully saturated rings. The maximum atomic E-state index is 12.0. The molecule has 0 saturated carbocycles. The minimum absolute atomic E-state index is 0.240. The normalized spacial score (nSPS) is 9.75. The van der Waals surface area contributed by atoms with Crippen LogP contribution in [0, 0.1) is 18.8 Å². The van der Waals surface area contributed by atoms with E-state index in [9.17, 15) is 4.79 Å². The van der Waals surface area contributed by atoms with Gasteiger partial charge in [0.15, 0.2) is 0 Å². The van der Waals surface area contributed by atoms with Gasteiger partial charge in [-0.05, 0) is 31.2 Å². The average Bonchev–Trinajstić information content (AvgIpc) is 2.85. The number of nitrogens with one attached hydrogen (secondary N) is 1. The van der Waals surface area contributed by atoms with Crippen LogP contribution in [0.5, 0.6) is 0 Å². The van der Waals surface area contributed by atoms with Crippen LogP contribution >= 0.6 is 11.6 Å². The van der Waals surface area contributed by atoms with Crippen molar-refractivity contribution in [1.82, 2.24) is 0 Å². The summed E-state index contributed by atoms with van der Waals surface area (Å²) in [6.07, 6.45) is 1.48. The predicted octanol–water partition coefficient (Wildman–Crippen LogP) is 2.80. The van der Waals surface area contributed by atoms with E-state index in [0.717, 1.165) is 0 Å². The molecule has 0 aliphatic carbocycles. The summed E-state index contributed by atoms with van der Waals surface area (Å²) in [7, 11) is 0. The topological polar surface area (TPSA) is 68.3 Å². The fourth-order valence-corrected chi connectivity index (χ4v) is 1.83. The Kier molecular flexibility index (Phi) is 4.46. The summed E-state index contributed by atoms with van der Waals surface area (Å²) in [6, 6.07) is 6.72. The van der Waals surface area contributed by atoms with Crippen molar-refractivity contribution >= 4 is 23.2 Å². The van der Waals surface area contributed by atoms with Crippen molar-refractivity contribution in [1.29, 1.82) is 0 Å². The van der Waals surface area contributed by atoms with E-state index in [1.807, 2.05) is 0 Å². The number of halogens is 1. The average molecular weight is 289 g/mol. The van der Waals surface area contributed by atoms with Gasteiger partial charge in [0, 0.05) is 11.3 Å². The molecule has 0 saturated heterocycles. The molecule has 0 unspecified atom stereocenters. The van der Waals surface area contributed by atoms with Crippen molar-refractivity contribution in [2.45, 2.75) is 6.92 Å². The largest absolute Gasteiger partial charge is 0.469 e. The highest BCUT2D eigenvalue weighted by Gasteiger charge is 2.12. The lowest BCUT2D eigenvalue weighted by Crippen LogP contribution is -2.12. The molecule has 0 atom stereocenters. The molecule has 1 heterocycles. The van der Waals surface area contributed by atoms with Crippen molar-refractivity contribution < 1.29 is 9.21 Å². The van der Waals surface area contributed by atoms with Gasteiger partial charge in [0.25, 0.3) is 5.91 Å². The molecule has 3 N–H and O–H groups in total. The standard InChI is InChI=1S/C15H13ClN2O2/c1-10-13(6-8-20-10)15(19)18-12-4-5-14(16)11(9-12)3-2-7-17/h4-6,8-9H,7,17H2,1H3,(H,18,19). The third-order valence-electron chi connectivity index (χ3n) is 2.65. The van der Waals surface area contributed by atoms with Crippen LogP contribution < -0.4 is 11.1 Å². The molecule has 0 radical (unpaired) electrons. The molecule has 1 aromatic heterocycles. The van der Waals surface area contributed by atoms with Crippen LogP contribution in [0.15, 0.2) is 34.9 Å². The SMILES string of the molecule is Cc1occc1C(=O)Nc1ccc(Cl)c(C#CCN)c1. The molecule has 5 heteroatoms. The molecule has 0 aliphatic rings. The zero-order chi connectivity index (χ0) is 14.5. The number of furan rings is 1. The first kappa shape index (κ1) is 14.2. The first-order chi connectivity index (χ1) is 9.61.